The third kappa shape index (κ3) is 3.03. The van der Waals surface area contributed by atoms with Crippen molar-refractivity contribution in [2.45, 2.75) is 51.1 Å². The van der Waals surface area contributed by atoms with Crippen LogP contribution < -0.4 is 5.73 Å². The summed E-state index contributed by atoms with van der Waals surface area (Å²) < 4.78 is 0. The van der Waals surface area contributed by atoms with Gasteiger partial charge < -0.3 is 10.8 Å². The molecule has 124 valence electrons. The maximum Gasteiger partial charge on any atom is 0.338 e. The molecule has 0 radical (unpaired) electrons. The Morgan fingerprint density at radius 1 is 1.32 bits per heavy atom. The van der Waals surface area contributed by atoms with Crippen LogP contribution in [0.3, 0.4) is 0 Å². The first kappa shape index (κ1) is 18.6. The lowest BCUT2D eigenvalue weighted by Crippen LogP contribution is -2.69. The Morgan fingerprint density at radius 3 is 2.32 bits per heavy atom. The van der Waals surface area contributed by atoms with Crippen molar-refractivity contribution in [3.8, 4) is 0 Å². The number of carbonyl (C=O) groups is 4. The van der Waals surface area contributed by atoms with E-state index in [2.05, 4.69) is 12.6 Å². The molecule has 0 unspecified atom stereocenters. The van der Waals surface area contributed by atoms with E-state index in [1.165, 1.54) is 13.8 Å². The van der Waals surface area contributed by atoms with Crippen LogP contribution in [0.25, 0.3) is 0 Å². The normalized spacial score (nSPS) is 24.9. The molecule has 1 heterocycles. The van der Waals surface area contributed by atoms with Gasteiger partial charge in [0.25, 0.3) is 0 Å². The van der Waals surface area contributed by atoms with Gasteiger partial charge in [0.2, 0.25) is 17.4 Å². The molecule has 0 aromatic carbocycles. The van der Waals surface area contributed by atoms with Crippen molar-refractivity contribution < 1.29 is 24.3 Å². The molecule has 1 rings (SSSR count). The summed E-state index contributed by atoms with van der Waals surface area (Å²) in [6.45, 7) is 3.01. The number of thiol groups is 1. The number of likely N-dealkylation sites (tertiary alicyclic amines) is 1. The van der Waals surface area contributed by atoms with Crippen molar-refractivity contribution in [3.63, 3.8) is 0 Å². The minimum Gasteiger partial charge on any atom is -0.479 e. The van der Waals surface area contributed by atoms with Crippen LogP contribution in [0.1, 0.15) is 39.5 Å². The second-order valence-corrected chi connectivity index (χ2v) is 6.08. The highest BCUT2D eigenvalue weighted by molar-refractivity contribution is 7.80. The highest BCUT2D eigenvalue weighted by Gasteiger charge is 2.58. The Hall–Kier alpha value is -1.41. The molecular formula is C14H22N2O5S. The summed E-state index contributed by atoms with van der Waals surface area (Å²) in [4.78, 5) is 50.0. The first-order chi connectivity index (χ1) is 10.2. The van der Waals surface area contributed by atoms with Crippen molar-refractivity contribution in [3.05, 3.63) is 0 Å². The van der Waals surface area contributed by atoms with Gasteiger partial charge in [-0.15, -0.1) is 0 Å². The number of nitrogens with two attached hydrogens (primary N) is 1. The number of nitrogens with zero attached hydrogens (tertiary/aromatic N) is 1. The van der Waals surface area contributed by atoms with Gasteiger partial charge in [-0.25, -0.2) is 4.79 Å². The van der Waals surface area contributed by atoms with Gasteiger partial charge in [-0.05, 0) is 18.8 Å². The number of carboxylic acids is 1. The quantitative estimate of drug-likeness (QED) is 0.501. The SMILES string of the molecule is CC(C)[C@]1(C(=O)O)C(=O)CCCCC(=O)N1C(=O)[C@@H](N)CS. The molecule has 0 aromatic heterocycles. The van der Waals surface area contributed by atoms with Gasteiger partial charge >= 0.3 is 5.97 Å². The van der Waals surface area contributed by atoms with Crippen LogP contribution in [0.15, 0.2) is 0 Å². The van der Waals surface area contributed by atoms with Gasteiger partial charge in [0.05, 0.1) is 6.04 Å². The largest absolute Gasteiger partial charge is 0.479 e. The Labute approximate surface area is 134 Å². The molecule has 0 aromatic rings. The Kier molecular flexibility index (Phi) is 6.13. The fourth-order valence-electron chi connectivity index (χ4n) is 2.77. The zero-order chi connectivity index (χ0) is 17.1. The Bertz CT molecular complexity index is 494. The van der Waals surface area contributed by atoms with Crippen LogP contribution >= 0.6 is 12.6 Å². The summed E-state index contributed by atoms with van der Waals surface area (Å²) in [6.07, 6.45) is 0.878. The van der Waals surface area contributed by atoms with Gasteiger partial charge in [-0.2, -0.15) is 12.6 Å². The first-order valence-electron chi connectivity index (χ1n) is 7.21. The molecule has 0 saturated carbocycles. The lowest BCUT2D eigenvalue weighted by atomic mass is 9.77. The molecule has 7 nitrogen and oxygen atoms in total. The third-order valence-corrected chi connectivity index (χ3v) is 4.36. The number of ketones is 1. The van der Waals surface area contributed by atoms with Crippen molar-refractivity contribution >= 4 is 36.2 Å². The lowest BCUT2D eigenvalue weighted by Gasteiger charge is -2.42. The van der Waals surface area contributed by atoms with Crippen LogP contribution in [0.4, 0.5) is 0 Å². The van der Waals surface area contributed by atoms with Crippen LogP contribution in [-0.4, -0.2) is 50.9 Å². The number of hydrogen-bond donors (Lipinski definition) is 3. The number of carbonyl (C=O) groups excluding carboxylic acids is 3. The lowest BCUT2D eigenvalue weighted by molar-refractivity contribution is -0.175. The highest BCUT2D eigenvalue weighted by Crippen LogP contribution is 2.32. The summed E-state index contributed by atoms with van der Waals surface area (Å²) in [5, 5.41) is 9.71. The van der Waals surface area contributed by atoms with Crippen molar-refractivity contribution in [1.82, 2.24) is 4.90 Å². The second-order valence-electron chi connectivity index (χ2n) is 5.71. The molecule has 2 amide bonds. The number of imide groups is 1. The summed E-state index contributed by atoms with van der Waals surface area (Å²) in [6, 6.07) is -1.14. The molecule has 3 N–H and O–H groups in total. The molecule has 1 aliphatic heterocycles. The second kappa shape index (κ2) is 7.23. The predicted molar refractivity (Wildman–Crippen MR) is 82.4 cm³/mol. The maximum absolute atomic E-state index is 12.6. The molecule has 0 spiro atoms. The average Bonchev–Trinajstić information content (AvgIpc) is 2.44. The van der Waals surface area contributed by atoms with E-state index in [0.717, 1.165) is 0 Å². The van der Waals surface area contributed by atoms with Crippen molar-refractivity contribution in [2.24, 2.45) is 11.7 Å². The number of carboxylic acid groups (broad SMARTS) is 1. The number of amides is 2. The average molecular weight is 330 g/mol. The smallest absolute Gasteiger partial charge is 0.338 e. The summed E-state index contributed by atoms with van der Waals surface area (Å²) in [5.41, 5.74) is 3.44. The van der Waals surface area contributed by atoms with Gasteiger partial charge in [0.1, 0.15) is 0 Å². The monoisotopic (exact) mass is 330 g/mol. The molecular weight excluding hydrogens is 308 g/mol. The summed E-state index contributed by atoms with van der Waals surface area (Å²) in [5.74, 6) is -4.50. The van der Waals surface area contributed by atoms with E-state index in [4.69, 9.17) is 5.73 Å². The Morgan fingerprint density at radius 2 is 1.86 bits per heavy atom. The van der Waals surface area contributed by atoms with Crippen molar-refractivity contribution in [1.29, 1.82) is 0 Å². The predicted octanol–water partition coefficient (Wildman–Crippen LogP) is 0.221. The zero-order valence-corrected chi connectivity index (χ0v) is 13.6. The number of hydrogen-bond acceptors (Lipinski definition) is 6. The minimum absolute atomic E-state index is 0.0116. The molecule has 22 heavy (non-hydrogen) atoms. The fraction of sp³-hybridized carbons (Fsp3) is 0.714. The Balaban J connectivity index is 3.54. The van der Waals surface area contributed by atoms with Gasteiger partial charge in [0.15, 0.2) is 5.78 Å². The molecule has 0 bridgehead atoms. The molecule has 2 atom stereocenters. The number of aliphatic carboxylic acids is 1. The topological polar surface area (TPSA) is 118 Å². The van der Waals surface area contributed by atoms with Crippen LogP contribution in [0.2, 0.25) is 0 Å². The highest BCUT2D eigenvalue weighted by atomic mass is 32.1. The molecule has 1 fully saturated rings. The van der Waals surface area contributed by atoms with E-state index in [0.29, 0.717) is 17.7 Å². The van der Waals surface area contributed by atoms with E-state index >= 15 is 0 Å². The molecule has 1 aliphatic rings. The molecule has 1 saturated heterocycles. The number of rotatable bonds is 4. The van der Waals surface area contributed by atoms with Crippen LogP contribution in [0.5, 0.6) is 0 Å². The third-order valence-electron chi connectivity index (χ3n) is 3.97. The van der Waals surface area contributed by atoms with Crippen molar-refractivity contribution in [2.75, 3.05) is 5.75 Å². The molecule has 0 aliphatic carbocycles. The van der Waals surface area contributed by atoms with E-state index in [1.54, 1.807) is 0 Å². The zero-order valence-electron chi connectivity index (χ0n) is 12.7. The van der Waals surface area contributed by atoms with Gasteiger partial charge in [0, 0.05) is 18.6 Å². The first-order valence-corrected chi connectivity index (χ1v) is 7.84. The van der Waals surface area contributed by atoms with E-state index < -0.39 is 41.1 Å². The maximum atomic E-state index is 12.6. The van der Waals surface area contributed by atoms with E-state index in [9.17, 15) is 24.3 Å². The minimum atomic E-state index is -2.20. The summed E-state index contributed by atoms with van der Waals surface area (Å²) >= 11 is 3.92. The summed E-state index contributed by atoms with van der Waals surface area (Å²) in [7, 11) is 0. The van der Waals surface area contributed by atoms with E-state index in [-0.39, 0.29) is 18.6 Å². The van der Waals surface area contributed by atoms with Crippen LogP contribution in [0, 0.1) is 5.92 Å². The van der Waals surface area contributed by atoms with Gasteiger partial charge in [-0.3, -0.25) is 19.3 Å². The van der Waals surface area contributed by atoms with Gasteiger partial charge in [-0.1, -0.05) is 13.8 Å². The van der Waals surface area contributed by atoms with Crippen LogP contribution in [-0.2, 0) is 19.2 Å². The standard InChI is InChI=1S/C14H22N2O5S/c1-8(2)14(13(20)21)10(17)5-3-4-6-11(18)16(14)12(19)9(15)7-22/h8-9,22H,3-7,15H2,1-2H3,(H,20,21)/t9-,14+/m0/s1. The molecule has 8 heteroatoms. The number of Topliss-reactive ketones (excluding diaryl/α,β-unsaturated/α-hetero) is 1. The van der Waals surface area contributed by atoms with E-state index in [1.807, 2.05) is 0 Å². The fourth-order valence-corrected chi connectivity index (χ4v) is 2.92.